The lowest BCUT2D eigenvalue weighted by molar-refractivity contribution is -0.129. The van der Waals surface area contributed by atoms with Crippen LogP contribution in [0.15, 0.2) is 42.5 Å². The molecule has 2 aliphatic heterocycles. The summed E-state index contributed by atoms with van der Waals surface area (Å²) in [7, 11) is 4.81. The van der Waals surface area contributed by atoms with Crippen LogP contribution in [0, 0.1) is 5.41 Å². The minimum atomic E-state index is -1.02. The molecule has 0 aromatic heterocycles. The maximum absolute atomic E-state index is 13.1. The van der Waals surface area contributed by atoms with Crippen LogP contribution in [0.4, 0.5) is 5.69 Å². The molecule has 0 aliphatic carbocycles. The van der Waals surface area contributed by atoms with E-state index < -0.39 is 5.54 Å². The number of methoxy groups -OCH3 is 2. The fraction of sp³-hybridized carbons (Fsp3) is 0.222. The van der Waals surface area contributed by atoms with Gasteiger partial charge in [0.1, 0.15) is 11.5 Å². The SMILES string of the molecule is COc1cccc(C23C(=O)N(C)C(=N)N2c2c(OC)cccc23)c1. The summed E-state index contributed by atoms with van der Waals surface area (Å²) in [4.78, 5) is 16.2. The van der Waals surface area contributed by atoms with Gasteiger partial charge in [-0.3, -0.25) is 20.0 Å². The van der Waals surface area contributed by atoms with Crippen molar-refractivity contribution in [1.29, 1.82) is 5.41 Å². The van der Waals surface area contributed by atoms with Gasteiger partial charge >= 0.3 is 0 Å². The Kier molecular flexibility index (Phi) is 2.87. The molecule has 1 saturated heterocycles. The summed E-state index contributed by atoms with van der Waals surface area (Å²) < 4.78 is 10.8. The first-order valence-corrected chi connectivity index (χ1v) is 7.56. The molecule has 4 rings (SSSR count). The third-order valence-corrected chi connectivity index (χ3v) is 4.80. The number of nitrogens with one attached hydrogen (secondary N) is 1. The van der Waals surface area contributed by atoms with Gasteiger partial charge in [-0.15, -0.1) is 0 Å². The van der Waals surface area contributed by atoms with Crippen molar-refractivity contribution in [2.24, 2.45) is 0 Å². The number of guanidine groups is 1. The smallest absolute Gasteiger partial charge is 0.264 e. The molecule has 6 heteroatoms. The lowest BCUT2D eigenvalue weighted by Gasteiger charge is -2.47. The molecule has 0 radical (unpaired) electrons. The van der Waals surface area contributed by atoms with Gasteiger partial charge in [0.25, 0.3) is 5.91 Å². The van der Waals surface area contributed by atoms with Gasteiger partial charge in [-0.1, -0.05) is 24.3 Å². The average molecular weight is 323 g/mol. The Morgan fingerprint density at radius 3 is 2.54 bits per heavy atom. The number of carbonyl (C=O) groups is 1. The first-order chi connectivity index (χ1) is 11.6. The maximum atomic E-state index is 13.1. The van der Waals surface area contributed by atoms with Crippen LogP contribution in [0.3, 0.4) is 0 Å². The van der Waals surface area contributed by atoms with Crippen molar-refractivity contribution in [3.05, 3.63) is 53.6 Å². The molecule has 1 fully saturated rings. The zero-order valence-corrected chi connectivity index (χ0v) is 13.7. The topological polar surface area (TPSA) is 65.9 Å². The molecule has 6 nitrogen and oxygen atoms in total. The van der Waals surface area contributed by atoms with E-state index in [-0.39, 0.29) is 11.9 Å². The van der Waals surface area contributed by atoms with Crippen molar-refractivity contribution in [3.8, 4) is 11.5 Å². The van der Waals surface area contributed by atoms with Crippen LogP contribution >= 0.6 is 0 Å². The number of benzene rings is 2. The van der Waals surface area contributed by atoms with Gasteiger partial charge < -0.3 is 9.47 Å². The van der Waals surface area contributed by atoms with Crippen molar-refractivity contribution in [2.75, 3.05) is 26.2 Å². The number of hydrogen-bond donors (Lipinski definition) is 1. The lowest BCUT2D eigenvalue weighted by Crippen LogP contribution is -2.56. The summed E-state index contributed by atoms with van der Waals surface area (Å²) in [6.07, 6.45) is 0. The zero-order valence-electron chi connectivity index (χ0n) is 13.7. The zero-order chi connectivity index (χ0) is 17.1. The second-order valence-corrected chi connectivity index (χ2v) is 5.82. The van der Waals surface area contributed by atoms with Gasteiger partial charge in [-0.05, 0) is 23.8 Å². The van der Waals surface area contributed by atoms with E-state index in [1.807, 2.05) is 42.5 Å². The summed E-state index contributed by atoms with van der Waals surface area (Å²) in [5.74, 6) is 1.31. The molecule has 2 heterocycles. The highest BCUT2D eigenvalue weighted by molar-refractivity contribution is 6.25. The van der Waals surface area contributed by atoms with Crippen LogP contribution in [-0.4, -0.2) is 38.0 Å². The molecule has 24 heavy (non-hydrogen) atoms. The van der Waals surface area contributed by atoms with Crippen LogP contribution < -0.4 is 14.4 Å². The van der Waals surface area contributed by atoms with E-state index in [0.717, 1.165) is 16.8 Å². The highest BCUT2D eigenvalue weighted by atomic mass is 16.5. The van der Waals surface area contributed by atoms with E-state index in [1.165, 1.54) is 4.90 Å². The number of likely N-dealkylation sites (N-methyl/N-ethyl adjacent to an activating group) is 1. The highest BCUT2D eigenvalue weighted by Gasteiger charge is 2.66. The molecule has 2 aromatic rings. The van der Waals surface area contributed by atoms with Gasteiger partial charge in [-0.25, -0.2) is 0 Å². The second-order valence-electron chi connectivity index (χ2n) is 5.82. The van der Waals surface area contributed by atoms with Crippen LogP contribution in [0.5, 0.6) is 11.5 Å². The maximum Gasteiger partial charge on any atom is 0.264 e. The lowest BCUT2D eigenvalue weighted by atomic mass is 9.73. The molecule has 0 bridgehead atoms. The summed E-state index contributed by atoms with van der Waals surface area (Å²) >= 11 is 0. The Hall–Kier alpha value is -3.02. The number of carbonyl (C=O) groups excluding carboxylic acids is 1. The minimum Gasteiger partial charge on any atom is -0.497 e. The number of hydrogen-bond acceptors (Lipinski definition) is 4. The quantitative estimate of drug-likeness (QED) is 0.940. The number of para-hydroxylation sites is 1. The van der Waals surface area contributed by atoms with Crippen molar-refractivity contribution < 1.29 is 14.3 Å². The molecule has 0 spiro atoms. The molecule has 2 aliphatic rings. The van der Waals surface area contributed by atoms with E-state index in [4.69, 9.17) is 14.9 Å². The molecule has 1 amide bonds. The predicted octanol–water partition coefficient (Wildman–Crippen LogP) is 2.17. The fourth-order valence-corrected chi connectivity index (χ4v) is 3.67. The van der Waals surface area contributed by atoms with Gasteiger partial charge in [0.15, 0.2) is 5.54 Å². The number of anilines is 1. The minimum absolute atomic E-state index is 0.139. The van der Waals surface area contributed by atoms with Crippen molar-refractivity contribution in [3.63, 3.8) is 0 Å². The van der Waals surface area contributed by atoms with Crippen molar-refractivity contribution >= 4 is 17.6 Å². The van der Waals surface area contributed by atoms with Crippen molar-refractivity contribution in [2.45, 2.75) is 5.54 Å². The van der Waals surface area contributed by atoms with Crippen molar-refractivity contribution in [1.82, 2.24) is 4.90 Å². The number of nitrogens with zero attached hydrogens (tertiary/aromatic N) is 2. The molecule has 122 valence electrons. The third-order valence-electron chi connectivity index (χ3n) is 4.80. The van der Waals surface area contributed by atoms with Gasteiger partial charge in [-0.2, -0.15) is 0 Å². The summed E-state index contributed by atoms with van der Waals surface area (Å²) in [5, 5.41) is 8.39. The number of fused-ring (bicyclic) bond motifs is 4. The van der Waals surface area contributed by atoms with E-state index in [1.54, 1.807) is 26.2 Å². The van der Waals surface area contributed by atoms with Crippen LogP contribution in [0.2, 0.25) is 0 Å². The van der Waals surface area contributed by atoms with E-state index >= 15 is 0 Å². The Morgan fingerprint density at radius 1 is 1.08 bits per heavy atom. The molecular formula is C18H17N3O3. The number of ether oxygens (including phenoxy) is 2. The van der Waals surface area contributed by atoms with E-state index in [9.17, 15) is 4.79 Å². The second kappa shape index (κ2) is 4.74. The molecule has 2 aromatic carbocycles. The Balaban J connectivity index is 2.02. The van der Waals surface area contributed by atoms with Crippen LogP contribution in [0.25, 0.3) is 0 Å². The molecule has 0 saturated carbocycles. The fourth-order valence-electron chi connectivity index (χ4n) is 3.67. The van der Waals surface area contributed by atoms with Gasteiger partial charge in [0, 0.05) is 12.6 Å². The summed E-state index contributed by atoms with van der Waals surface area (Å²) in [6, 6.07) is 13.1. The number of amides is 1. The van der Waals surface area contributed by atoms with Gasteiger partial charge in [0.05, 0.1) is 19.9 Å². The Labute approximate surface area is 139 Å². The number of rotatable bonds is 3. The Morgan fingerprint density at radius 2 is 1.83 bits per heavy atom. The summed E-state index contributed by atoms with van der Waals surface area (Å²) in [5.41, 5.74) is 1.37. The highest BCUT2D eigenvalue weighted by Crippen LogP contribution is 2.59. The third kappa shape index (κ3) is 1.45. The molecule has 1 N–H and O–H groups in total. The molecular weight excluding hydrogens is 306 g/mol. The molecule has 1 unspecified atom stereocenters. The predicted molar refractivity (Wildman–Crippen MR) is 89.7 cm³/mol. The van der Waals surface area contributed by atoms with E-state index in [0.29, 0.717) is 11.5 Å². The normalized spacial score (nSPS) is 21.3. The Bertz CT molecular complexity index is 880. The van der Waals surface area contributed by atoms with Gasteiger partial charge in [0.2, 0.25) is 5.96 Å². The summed E-state index contributed by atoms with van der Waals surface area (Å²) in [6.45, 7) is 0. The monoisotopic (exact) mass is 323 g/mol. The molecule has 1 atom stereocenters. The van der Waals surface area contributed by atoms with Crippen LogP contribution in [-0.2, 0) is 10.3 Å². The average Bonchev–Trinajstić information content (AvgIpc) is 2.77. The van der Waals surface area contributed by atoms with E-state index in [2.05, 4.69) is 0 Å². The first kappa shape index (κ1) is 14.6. The standard InChI is InChI=1S/C18H17N3O3/c1-20-16(22)18(11-6-4-7-12(10-11)23-2)13-8-5-9-14(24-3)15(13)21(18)17(20)19/h4-10,19H,1-3H3. The van der Waals surface area contributed by atoms with Crippen LogP contribution in [0.1, 0.15) is 11.1 Å². The first-order valence-electron chi connectivity index (χ1n) is 7.56. The largest absolute Gasteiger partial charge is 0.497 e.